The Labute approximate surface area is 164 Å². The van der Waals surface area contributed by atoms with Gasteiger partial charge in [0.25, 0.3) is 0 Å². The number of anilines is 2. The number of nitrogens with two attached hydrogens (primary N) is 1. The van der Waals surface area contributed by atoms with E-state index in [1.807, 2.05) is 26.8 Å². The van der Waals surface area contributed by atoms with E-state index < -0.39 is 0 Å². The molecule has 3 unspecified atom stereocenters. The highest BCUT2D eigenvalue weighted by Crippen LogP contribution is 2.35. The highest BCUT2D eigenvalue weighted by Gasteiger charge is 2.26. The SMILES string of the molecule is Cc1cc(C)c2c(N)nc(NC(C)c3nc(C4CCCC(C)C4)no3)nc2n1. The fourth-order valence-corrected chi connectivity index (χ4v) is 4.09. The van der Waals surface area contributed by atoms with Crippen LogP contribution < -0.4 is 11.1 Å². The normalized spacial score (nSPS) is 21.0. The molecule has 28 heavy (non-hydrogen) atoms. The van der Waals surface area contributed by atoms with Gasteiger partial charge in [0.15, 0.2) is 11.5 Å². The maximum atomic E-state index is 6.15. The van der Waals surface area contributed by atoms with E-state index in [-0.39, 0.29) is 6.04 Å². The minimum absolute atomic E-state index is 0.231. The molecule has 1 aliphatic carbocycles. The average Bonchev–Trinajstić information content (AvgIpc) is 3.11. The topological polar surface area (TPSA) is 116 Å². The van der Waals surface area contributed by atoms with Gasteiger partial charge in [0.05, 0.1) is 5.39 Å². The van der Waals surface area contributed by atoms with Gasteiger partial charge in [0.1, 0.15) is 11.9 Å². The first kappa shape index (κ1) is 18.6. The summed E-state index contributed by atoms with van der Waals surface area (Å²) in [5.74, 6) is 3.25. The largest absolute Gasteiger partial charge is 0.383 e. The van der Waals surface area contributed by atoms with E-state index in [4.69, 9.17) is 10.3 Å². The van der Waals surface area contributed by atoms with Crippen LogP contribution in [0.1, 0.15) is 74.5 Å². The second kappa shape index (κ2) is 7.33. The number of pyridine rings is 1. The summed E-state index contributed by atoms with van der Waals surface area (Å²) in [6, 6.07) is 1.74. The summed E-state index contributed by atoms with van der Waals surface area (Å²) in [4.78, 5) is 18.0. The number of nitrogens with one attached hydrogen (secondary N) is 1. The Hall–Kier alpha value is -2.77. The number of hydrogen-bond donors (Lipinski definition) is 2. The van der Waals surface area contributed by atoms with Gasteiger partial charge >= 0.3 is 0 Å². The lowest BCUT2D eigenvalue weighted by Gasteiger charge is -2.23. The van der Waals surface area contributed by atoms with Gasteiger partial charge in [-0.25, -0.2) is 4.98 Å². The molecule has 0 amide bonds. The Bertz CT molecular complexity index is 1000. The average molecular weight is 381 g/mol. The minimum Gasteiger partial charge on any atom is -0.383 e. The van der Waals surface area contributed by atoms with Crippen LogP contribution >= 0.6 is 0 Å². The molecule has 148 valence electrons. The van der Waals surface area contributed by atoms with Crippen LogP contribution in [0.4, 0.5) is 11.8 Å². The number of hydrogen-bond acceptors (Lipinski definition) is 8. The monoisotopic (exact) mass is 381 g/mol. The van der Waals surface area contributed by atoms with Crippen molar-refractivity contribution in [1.82, 2.24) is 25.1 Å². The van der Waals surface area contributed by atoms with Crippen LogP contribution in [0, 0.1) is 19.8 Å². The molecule has 3 aromatic heterocycles. The van der Waals surface area contributed by atoms with Gasteiger partial charge < -0.3 is 15.6 Å². The summed E-state index contributed by atoms with van der Waals surface area (Å²) in [5.41, 5.74) is 8.65. The van der Waals surface area contributed by atoms with Crippen LogP contribution in [0.3, 0.4) is 0 Å². The van der Waals surface area contributed by atoms with Crippen molar-refractivity contribution >= 4 is 22.8 Å². The van der Waals surface area contributed by atoms with Crippen LogP contribution in [0.5, 0.6) is 0 Å². The summed E-state index contributed by atoms with van der Waals surface area (Å²) in [7, 11) is 0. The predicted octanol–water partition coefficient (Wildman–Crippen LogP) is 4.07. The van der Waals surface area contributed by atoms with E-state index in [2.05, 4.69) is 37.3 Å². The van der Waals surface area contributed by atoms with Crippen LogP contribution in [0.15, 0.2) is 10.6 Å². The van der Waals surface area contributed by atoms with Crippen LogP contribution in [0.25, 0.3) is 11.0 Å². The zero-order chi connectivity index (χ0) is 19.8. The first-order chi connectivity index (χ1) is 13.4. The summed E-state index contributed by atoms with van der Waals surface area (Å²) >= 11 is 0. The number of aryl methyl sites for hydroxylation is 2. The molecule has 0 radical (unpaired) electrons. The van der Waals surface area contributed by atoms with E-state index in [0.29, 0.717) is 35.1 Å². The lowest BCUT2D eigenvalue weighted by molar-refractivity contribution is 0.318. The van der Waals surface area contributed by atoms with Gasteiger partial charge in [-0.15, -0.1) is 0 Å². The Kier molecular flexibility index (Phi) is 4.87. The second-order valence-corrected chi connectivity index (χ2v) is 8.04. The second-order valence-electron chi connectivity index (χ2n) is 8.04. The number of nitrogens with zero attached hydrogens (tertiary/aromatic N) is 5. The molecule has 8 heteroatoms. The molecular formula is C20H27N7O. The highest BCUT2D eigenvalue weighted by atomic mass is 16.5. The summed E-state index contributed by atoms with van der Waals surface area (Å²) < 4.78 is 5.52. The molecule has 0 bridgehead atoms. The number of fused-ring (bicyclic) bond motifs is 1. The van der Waals surface area contributed by atoms with E-state index >= 15 is 0 Å². The fourth-order valence-electron chi connectivity index (χ4n) is 4.09. The zero-order valence-corrected chi connectivity index (χ0v) is 16.9. The van der Waals surface area contributed by atoms with Gasteiger partial charge in [-0.2, -0.15) is 15.0 Å². The minimum atomic E-state index is -0.231. The van der Waals surface area contributed by atoms with Crippen molar-refractivity contribution < 1.29 is 4.52 Å². The molecular weight excluding hydrogens is 354 g/mol. The Morgan fingerprint density at radius 2 is 2.00 bits per heavy atom. The quantitative estimate of drug-likeness (QED) is 0.694. The molecule has 1 aliphatic rings. The number of rotatable bonds is 4. The third-order valence-electron chi connectivity index (χ3n) is 5.49. The fraction of sp³-hybridized carbons (Fsp3) is 0.550. The van der Waals surface area contributed by atoms with Gasteiger partial charge in [-0.3, -0.25) is 0 Å². The smallest absolute Gasteiger partial charge is 0.248 e. The van der Waals surface area contributed by atoms with E-state index in [1.165, 1.54) is 12.8 Å². The summed E-state index contributed by atoms with van der Waals surface area (Å²) in [6.45, 7) is 8.15. The standard InChI is InChI=1S/C20H27N7O/c1-10-6-5-7-14(8-10)17-25-19(28-27-17)13(4)23-20-24-16(21)15-11(2)9-12(3)22-18(15)26-20/h9-10,13-14H,5-8H2,1-4H3,(H3,21,22,23,24,26). The van der Waals surface area contributed by atoms with Gasteiger partial charge in [-0.05, 0) is 51.2 Å². The predicted molar refractivity (Wildman–Crippen MR) is 108 cm³/mol. The van der Waals surface area contributed by atoms with Crippen LogP contribution in [-0.4, -0.2) is 25.1 Å². The lowest BCUT2D eigenvalue weighted by atomic mass is 9.82. The molecule has 4 rings (SSSR count). The van der Waals surface area contributed by atoms with Crippen molar-refractivity contribution in [2.24, 2.45) is 5.92 Å². The first-order valence-corrected chi connectivity index (χ1v) is 9.92. The maximum absolute atomic E-state index is 6.15. The van der Waals surface area contributed by atoms with E-state index in [1.54, 1.807) is 0 Å². The van der Waals surface area contributed by atoms with E-state index in [0.717, 1.165) is 35.3 Å². The zero-order valence-electron chi connectivity index (χ0n) is 16.9. The highest BCUT2D eigenvalue weighted by molar-refractivity contribution is 5.89. The molecule has 8 nitrogen and oxygen atoms in total. The molecule has 3 atom stereocenters. The molecule has 3 aromatic rings. The molecule has 0 aliphatic heterocycles. The van der Waals surface area contributed by atoms with Crippen molar-refractivity contribution in [2.75, 3.05) is 11.1 Å². The summed E-state index contributed by atoms with van der Waals surface area (Å²) in [5, 5.41) is 8.23. The van der Waals surface area contributed by atoms with Crippen LogP contribution in [0.2, 0.25) is 0 Å². The molecule has 1 saturated carbocycles. The molecule has 1 fully saturated rings. The molecule has 0 spiro atoms. The van der Waals surface area contributed by atoms with Gasteiger partial charge in [0, 0.05) is 11.6 Å². The maximum Gasteiger partial charge on any atom is 0.248 e. The molecule has 3 heterocycles. The summed E-state index contributed by atoms with van der Waals surface area (Å²) in [6.07, 6.45) is 4.75. The number of nitrogen functional groups attached to an aromatic ring is 1. The lowest BCUT2D eigenvalue weighted by Crippen LogP contribution is -2.14. The Morgan fingerprint density at radius 3 is 2.79 bits per heavy atom. The van der Waals surface area contributed by atoms with Crippen molar-refractivity contribution in [2.45, 2.75) is 65.3 Å². The molecule has 0 saturated heterocycles. The third kappa shape index (κ3) is 3.63. The van der Waals surface area contributed by atoms with Crippen LogP contribution in [-0.2, 0) is 0 Å². The first-order valence-electron chi connectivity index (χ1n) is 9.92. The van der Waals surface area contributed by atoms with Crippen molar-refractivity contribution in [3.8, 4) is 0 Å². The molecule has 3 N–H and O–H groups in total. The van der Waals surface area contributed by atoms with E-state index in [9.17, 15) is 0 Å². The van der Waals surface area contributed by atoms with Crippen molar-refractivity contribution in [3.05, 3.63) is 29.0 Å². The Morgan fingerprint density at radius 1 is 1.18 bits per heavy atom. The van der Waals surface area contributed by atoms with Gasteiger partial charge in [0.2, 0.25) is 11.8 Å². The van der Waals surface area contributed by atoms with Gasteiger partial charge in [-0.1, -0.05) is 24.9 Å². The number of aromatic nitrogens is 5. The van der Waals surface area contributed by atoms with Crippen molar-refractivity contribution in [1.29, 1.82) is 0 Å². The third-order valence-corrected chi connectivity index (χ3v) is 5.49. The van der Waals surface area contributed by atoms with Crippen molar-refractivity contribution in [3.63, 3.8) is 0 Å². The molecule has 0 aromatic carbocycles. The Balaban J connectivity index is 1.54.